The highest BCUT2D eigenvalue weighted by molar-refractivity contribution is 7.98. The lowest BCUT2D eigenvalue weighted by Crippen LogP contribution is -2.30. The van der Waals surface area contributed by atoms with Gasteiger partial charge in [0.1, 0.15) is 5.76 Å². The first kappa shape index (κ1) is 22.6. The van der Waals surface area contributed by atoms with Gasteiger partial charge < -0.3 is 14.6 Å². The van der Waals surface area contributed by atoms with E-state index in [2.05, 4.69) is 10.5 Å². The molecule has 0 saturated carbocycles. The molecule has 0 aliphatic carbocycles. The number of hydrogen-bond acceptors (Lipinski definition) is 6. The molecule has 0 fully saturated rings. The lowest BCUT2D eigenvalue weighted by molar-refractivity contribution is -0.123. The second-order valence-electron chi connectivity index (χ2n) is 7.65. The van der Waals surface area contributed by atoms with E-state index in [1.807, 2.05) is 68.4 Å². The summed E-state index contributed by atoms with van der Waals surface area (Å²) in [6.07, 6.45) is -0.961. The lowest BCUT2D eigenvalue weighted by atomic mass is 10.1. The van der Waals surface area contributed by atoms with E-state index in [0.717, 1.165) is 32.7 Å². The van der Waals surface area contributed by atoms with Gasteiger partial charge in [-0.1, -0.05) is 53.7 Å². The Hall–Kier alpha value is -3.58. The first-order valence-electron chi connectivity index (χ1n) is 10.6. The summed E-state index contributed by atoms with van der Waals surface area (Å²) in [5.74, 6) is 0.444. The Kier molecular flexibility index (Phi) is 6.79. The van der Waals surface area contributed by atoms with Crippen LogP contribution < -0.4 is 5.32 Å². The molecule has 0 unspecified atom stereocenters. The minimum Gasteiger partial charge on any atom is -0.449 e. The fraction of sp³-hybridized carbons (Fsp3) is 0.192. The van der Waals surface area contributed by atoms with Gasteiger partial charge in [-0.25, -0.2) is 4.79 Å². The van der Waals surface area contributed by atoms with Gasteiger partial charge in [0.2, 0.25) is 0 Å². The van der Waals surface area contributed by atoms with Crippen LogP contribution in [0.25, 0.3) is 10.8 Å². The molecule has 0 radical (unpaired) electrons. The topological polar surface area (TPSA) is 81.4 Å². The van der Waals surface area contributed by atoms with E-state index < -0.39 is 12.1 Å². The smallest absolute Gasteiger partial charge is 0.340 e. The molecule has 1 aromatic heterocycles. The molecule has 0 bridgehead atoms. The van der Waals surface area contributed by atoms with E-state index in [0.29, 0.717) is 17.0 Å². The molecule has 7 heteroatoms. The highest BCUT2D eigenvalue weighted by Crippen LogP contribution is 2.29. The zero-order valence-electron chi connectivity index (χ0n) is 18.6. The van der Waals surface area contributed by atoms with Crippen molar-refractivity contribution in [2.75, 3.05) is 5.32 Å². The minimum atomic E-state index is -0.961. The Morgan fingerprint density at radius 1 is 1.03 bits per heavy atom. The average Bonchev–Trinajstić information content (AvgIpc) is 3.15. The van der Waals surface area contributed by atoms with E-state index in [9.17, 15) is 9.59 Å². The summed E-state index contributed by atoms with van der Waals surface area (Å²) < 4.78 is 10.7. The van der Waals surface area contributed by atoms with Crippen molar-refractivity contribution >= 4 is 40.1 Å². The van der Waals surface area contributed by atoms with Crippen molar-refractivity contribution in [1.82, 2.24) is 5.16 Å². The number of carbonyl (C=O) groups excluding carboxylic acids is 2. The SMILES string of the molecule is Cc1noc(C)c1CSc1ccccc1C(=O)O[C@@H](C)C(=O)Nc1cccc2ccccc12. The first-order chi connectivity index (χ1) is 15.9. The zero-order chi connectivity index (χ0) is 23.4. The van der Waals surface area contributed by atoms with Crippen LogP contribution in [0.2, 0.25) is 0 Å². The number of benzene rings is 3. The van der Waals surface area contributed by atoms with Gasteiger partial charge >= 0.3 is 5.97 Å². The molecule has 0 saturated heterocycles. The Balaban J connectivity index is 1.44. The molecule has 4 rings (SSSR count). The second kappa shape index (κ2) is 9.92. The van der Waals surface area contributed by atoms with Crippen molar-refractivity contribution < 1.29 is 18.8 Å². The van der Waals surface area contributed by atoms with Gasteiger partial charge in [0.15, 0.2) is 6.10 Å². The van der Waals surface area contributed by atoms with Gasteiger partial charge in [0.05, 0.1) is 11.3 Å². The van der Waals surface area contributed by atoms with Crippen LogP contribution in [0.5, 0.6) is 0 Å². The summed E-state index contributed by atoms with van der Waals surface area (Å²) in [4.78, 5) is 26.4. The first-order valence-corrected chi connectivity index (χ1v) is 11.6. The maximum absolute atomic E-state index is 12.9. The van der Waals surface area contributed by atoms with Crippen molar-refractivity contribution in [2.24, 2.45) is 0 Å². The van der Waals surface area contributed by atoms with Crippen molar-refractivity contribution in [2.45, 2.75) is 37.5 Å². The molecule has 168 valence electrons. The summed E-state index contributed by atoms with van der Waals surface area (Å²) in [5.41, 5.74) is 2.93. The van der Waals surface area contributed by atoms with Gasteiger partial charge in [-0.15, -0.1) is 11.8 Å². The Morgan fingerprint density at radius 2 is 1.76 bits per heavy atom. The van der Waals surface area contributed by atoms with Crippen LogP contribution in [-0.4, -0.2) is 23.1 Å². The number of rotatable bonds is 7. The molecule has 0 aliphatic heterocycles. The fourth-order valence-electron chi connectivity index (χ4n) is 3.47. The molecule has 1 N–H and O–H groups in total. The maximum atomic E-state index is 12.9. The van der Waals surface area contributed by atoms with Crippen molar-refractivity contribution in [3.8, 4) is 0 Å². The van der Waals surface area contributed by atoms with E-state index >= 15 is 0 Å². The predicted molar refractivity (Wildman–Crippen MR) is 129 cm³/mol. The van der Waals surface area contributed by atoms with E-state index in [1.54, 1.807) is 19.1 Å². The third-order valence-electron chi connectivity index (χ3n) is 5.36. The maximum Gasteiger partial charge on any atom is 0.340 e. The average molecular weight is 461 g/mol. The number of anilines is 1. The van der Waals surface area contributed by atoms with Gasteiger partial charge in [0.25, 0.3) is 5.91 Å². The zero-order valence-corrected chi connectivity index (χ0v) is 19.4. The third kappa shape index (κ3) is 5.09. The molecule has 0 spiro atoms. The quantitative estimate of drug-likeness (QED) is 0.272. The summed E-state index contributed by atoms with van der Waals surface area (Å²) in [6.45, 7) is 5.33. The number of ether oxygens (including phenoxy) is 1. The number of amides is 1. The largest absolute Gasteiger partial charge is 0.449 e. The summed E-state index contributed by atoms with van der Waals surface area (Å²) in [7, 11) is 0. The van der Waals surface area contributed by atoms with Crippen molar-refractivity contribution in [1.29, 1.82) is 0 Å². The molecular formula is C26H24N2O4S. The van der Waals surface area contributed by atoms with Gasteiger partial charge in [-0.2, -0.15) is 0 Å². The van der Waals surface area contributed by atoms with Crippen LogP contribution in [0.15, 0.2) is 76.1 Å². The Bertz CT molecular complexity index is 1290. The minimum absolute atomic E-state index is 0.388. The van der Waals surface area contributed by atoms with Crippen LogP contribution in [-0.2, 0) is 15.3 Å². The molecule has 6 nitrogen and oxygen atoms in total. The number of carbonyl (C=O) groups is 2. The number of esters is 1. The van der Waals surface area contributed by atoms with Gasteiger partial charge in [-0.05, 0) is 44.4 Å². The van der Waals surface area contributed by atoms with Crippen molar-refractivity contribution in [3.63, 3.8) is 0 Å². The number of thioether (sulfide) groups is 1. The number of nitrogens with zero attached hydrogens (tertiary/aromatic N) is 1. The summed E-state index contributed by atoms with van der Waals surface area (Å²) in [5, 5.41) is 8.79. The fourth-order valence-corrected chi connectivity index (χ4v) is 4.66. The molecule has 3 aromatic carbocycles. The van der Waals surface area contributed by atoms with Crippen molar-refractivity contribution in [3.05, 3.63) is 89.3 Å². The van der Waals surface area contributed by atoms with Crippen LogP contribution in [0.1, 0.15) is 34.3 Å². The molecule has 1 amide bonds. The number of aromatic nitrogens is 1. The standard InChI is InChI=1S/C26H24N2O4S/c1-16-22(17(2)32-28-16)15-33-24-14-7-6-12-21(24)26(30)31-18(3)25(29)27-23-13-8-10-19-9-4-5-11-20(19)23/h4-14,18H,15H2,1-3H3,(H,27,29)/t18-/m0/s1. The number of aryl methyl sites for hydroxylation is 2. The molecular weight excluding hydrogens is 436 g/mol. The predicted octanol–water partition coefficient (Wildman–Crippen LogP) is 5.92. The van der Waals surface area contributed by atoms with Crippen LogP contribution in [0.4, 0.5) is 5.69 Å². The molecule has 0 aliphatic rings. The summed E-state index contributed by atoms with van der Waals surface area (Å²) >= 11 is 1.50. The normalized spacial score (nSPS) is 11.8. The van der Waals surface area contributed by atoms with Gasteiger partial charge in [-0.3, -0.25) is 4.79 Å². The molecule has 4 aromatic rings. The number of fused-ring (bicyclic) bond motifs is 1. The molecule has 1 atom stereocenters. The highest BCUT2D eigenvalue weighted by Gasteiger charge is 2.22. The van der Waals surface area contributed by atoms with Crippen LogP contribution in [0, 0.1) is 13.8 Å². The second-order valence-corrected chi connectivity index (χ2v) is 8.67. The third-order valence-corrected chi connectivity index (χ3v) is 6.46. The van der Waals surface area contributed by atoms with Crippen LogP contribution >= 0.6 is 11.8 Å². The van der Waals surface area contributed by atoms with E-state index in [-0.39, 0.29) is 5.91 Å². The summed E-state index contributed by atoms with van der Waals surface area (Å²) in [6, 6.07) is 20.7. The monoisotopic (exact) mass is 460 g/mol. The van der Waals surface area contributed by atoms with E-state index in [1.165, 1.54) is 11.8 Å². The Morgan fingerprint density at radius 3 is 2.55 bits per heavy atom. The van der Waals surface area contributed by atoms with Gasteiger partial charge in [0, 0.05) is 27.3 Å². The number of nitrogens with one attached hydrogen (secondary N) is 1. The van der Waals surface area contributed by atoms with Crippen LogP contribution in [0.3, 0.4) is 0 Å². The molecule has 33 heavy (non-hydrogen) atoms. The highest BCUT2D eigenvalue weighted by atomic mass is 32.2. The Labute approximate surface area is 196 Å². The molecule has 1 heterocycles. The number of hydrogen-bond donors (Lipinski definition) is 1. The lowest BCUT2D eigenvalue weighted by Gasteiger charge is -2.16. The van der Waals surface area contributed by atoms with E-state index in [4.69, 9.17) is 9.26 Å².